The Morgan fingerprint density at radius 3 is 2.52 bits per heavy atom. The van der Waals surface area contributed by atoms with E-state index >= 15 is 0 Å². The summed E-state index contributed by atoms with van der Waals surface area (Å²) in [5, 5.41) is 6.54. The van der Waals surface area contributed by atoms with Gasteiger partial charge in [0.15, 0.2) is 0 Å². The largest absolute Gasteiger partial charge is 0.444 e. The fourth-order valence-electron chi connectivity index (χ4n) is 3.08. The highest BCUT2D eigenvalue weighted by Gasteiger charge is 2.44. The van der Waals surface area contributed by atoms with Crippen molar-refractivity contribution < 1.29 is 19.0 Å². The number of amides is 1. The van der Waals surface area contributed by atoms with Gasteiger partial charge in [0.1, 0.15) is 5.60 Å². The van der Waals surface area contributed by atoms with Gasteiger partial charge >= 0.3 is 6.09 Å². The number of rotatable bonds is 8. The van der Waals surface area contributed by atoms with E-state index in [0.29, 0.717) is 25.1 Å². The fourth-order valence-corrected chi connectivity index (χ4v) is 3.08. The Kier molecular flexibility index (Phi) is 6.28. The van der Waals surface area contributed by atoms with Crippen molar-refractivity contribution in [3.63, 3.8) is 0 Å². The van der Waals surface area contributed by atoms with Crippen molar-refractivity contribution in [3.8, 4) is 0 Å². The van der Waals surface area contributed by atoms with E-state index < -0.39 is 5.60 Å². The van der Waals surface area contributed by atoms with Crippen LogP contribution in [0.1, 0.15) is 47.0 Å². The van der Waals surface area contributed by atoms with Crippen LogP contribution in [0.5, 0.6) is 0 Å². The number of nitrogens with one attached hydrogen (secondary N) is 2. The van der Waals surface area contributed by atoms with E-state index in [2.05, 4.69) is 10.6 Å². The second kappa shape index (κ2) is 7.81. The van der Waals surface area contributed by atoms with Crippen LogP contribution < -0.4 is 10.6 Å². The van der Waals surface area contributed by atoms with Gasteiger partial charge in [0.05, 0.1) is 12.2 Å². The van der Waals surface area contributed by atoms with Crippen LogP contribution in [0, 0.1) is 5.92 Å². The molecule has 4 unspecified atom stereocenters. The van der Waals surface area contributed by atoms with E-state index in [0.717, 1.165) is 6.42 Å². The minimum atomic E-state index is -0.466. The molecule has 2 N–H and O–H groups in total. The average Bonchev–Trinajstić information content (AvgIpc) is 3.23. The third-order valence-electron chi connectivity index (χ3n) is 4.39. The molecule has 2 fully saturated rings. The molecule has 23 heavy (non-hydrogen) atoms. The van der Waals surface area contributed by atoms with Crippen LogP contribution in [0.25, 0.3) is 0 Å². The van der Waals surface area contributed by atoms with Gasteiger partial charge in [-0.25, -0.2) is 4.79 Å². The van der Waals surface area contributed by atoms with Gasteiger partial charge in [-0.15, -0.1) is 0 Å². The molecule has 0 aromatic rings. The fraction of sp³-hybridized carbons (Fsp3) is 0.941. The Bertz CT molecular complexity index is 393. The number of hydrogen-bond donors (Lipinski definition) is 2. The number of methoxy groups -OCH3 is 1. The molecule has 0 aromatic heterocycles. The lowest BCUT2D eigenvalue weighted by Gasteiger charge is -2.45. The molecule has 0 spiro atoms. The van der Waals surface area contributed by atoms with Crippen LogP contribution in [-0.4, -0.2) is 56.2 Å². The zero-order valence-electron chi connectivity index (χ0n) is 15.1. The Morgan fingerprint density at radius 1 is 1.30 bits per heavy atom. The second-order valence-corrected chi connectivity index (χ2v) is 7.53. The first-order valence-electron chi connectivity index (χ1n) is 8.71. The molecule has 0 saturated heterocycles. The monoisotopic (exact) mass is 328 g/mol. The van der Waals surface area contributed by atoms with Crippen molar-refractivity contribution in [2.24, 2.45) is 5.92 Å². The van der Waals surface area contributed by atoms with Crippen LogP contribution in [0.2, 0.25) is 0 Å². The van der Waals surface area contributed by atoms with Gasteiger partial charge in [-0.05, 0) is 52.9 Å². The molecule has 6 nitrogen and oxygen atoms in total. The molecule has 2 saturated carbocycles. The summed E-state index contributed by atoms with van der Waals surface area (Å²) in [6, 6.07) is 0.565. The zero-order valence-corrected chi connectivity index (χ0v) is 15.1. The second-order valence-electron chi connectivity index (χ2n) is 7.53. The predicted octanol–water partition coefficient (Wildman–Crippen LogP) is 2.07. The quantitative estimate of drug-likeness (QED) is 0.714. The van der Waals surface area contributed by atoms with Gasteiger partial charge in [0.25, 0.3) is 0 Å². The first-order valence-corrected chi connectivity index (χ1v) is 8.71. The van der Waals surface area contributed by atoms with Crippen LogP contribution >= 0.6 is 0 Å². The summed E-state index contributed by atoms with van der Waals surface area (Å²) in [5.41, 5.74) is -0.466. The smallest absolute Gasteiger partial charge is 0.407 e. The van der Waals surface area contributed by atoms with Gasteiger partial charge in [-0.1, -0.05) is 0 Å². The maximum absolute atomic E-state index is 11.8. The van der Waals surface area contributed by atoms with E-state index in [9.17, 15) is 4.79 Å². The molecule has 6 heteroatoms. The molecule has 2 aliphatic rings. The Balaban J connectivity index is 1.78. The standard InChI is InChI=1S/C17H32N2O4/c1-6-22-14-9-12(15(14)21-5)19-13(11-7-8-11)10-18-16(20)23-17(2,3)4/h11-15,19H,6-10H2,1-5H3,(H,18,20). The van der Waals surface area contributed by atoms with E-state index in [1.54, 1.807) is 7.11 Å². The van der Waals surface area contributed by atoms with Crippen molar-refractivity contribution in [1.29, 1.82) is 0 Å². The molecule has 0 aromatic carbocycles. The van der Waals surface area contributed by atoms with Crippen LogP contribution in [-0.2, 0) is 14.2 Å². The van der Waals surface area contributed by atoms with Crippen LogP contribution in [0.15, 0.2) is 0 Å². The number of carbonyl (C=O) groups is 1. The predicted molar refractivity (Wildman–Crippen MR) is 88.5 cm³/mol. The van der Waals surface area contributed by atoms with E-state index in [4.69, 9.17) is 14.2 Å². The molecule has 0 aliphatic heterocycles. The Morgan fingerprint density at radius 2 is 2.00 bits per heavy atom. The maximum atomic E-state index is 11.8. The van der Waals surface area contributed by atoms with Gasteiger partial charge in [0, 0.05) is 32.3 Å². The first kappa shape index (κ1) is 18.5. The van der Waals surface area contributed by atoms with Crippen molar-refractivity contribution in [1.82, 2.24) is 10.6 Å². The molecule has 2 rings (SSSR count). The lowest BCUT2D eigenvalue weighted by Crippen LogP contribution is -2.63. The van der Waals surface area contributed by atoms with Crippen LogP contribution in [0.4, 0.5) is 4.79 Å². The highest BCUT2D eigenvalue weighted by atomic mass is 16.6. The summed E-state index contributed by atoms with van der Waals surface area (Å²) in [4.78, 5) is 11.8. The van der Waals surface area contributed by atoms with Crippen LogP contribution in [0.3, 0.4) is 0 Å². The normalized spacial score (nSPS) is 28.8. The summed E-state index contributed by atoms with van der Waals surface area (Å²) >= 11 is 0. The third-order valence-corrected chi connectivity index (χ3v) is 4.39. The molecule has 0 bridgehead atoms. The average molecular weight is 328 g/mol. The van der Waals surface area contributed by atoms with Crippen molar-refractivity contribution in [2.45, 2.75) is 76.9 Å². The Labute approximate surface area is 139 Å². The number of alkyl carbamates (subject to hydrolysis) is 1. The molecule has 134 valence electrons. The highest BCUT2D eigenvalue weighted by Crippen LogP contribution is 2.35. The van der Waals surface area contributed by atoms with E-state index in [1.165, 1.54) is 12.8 Å². The summed E-state index contributed by atoms with van der Waals surface area (Å²) in [6.07, 6.45) is 3.31. The molecular weight excluding hydrogens is 296 g/mol. The molecule has 0 radical (unpaired) electrons. The van der Waals surface area contributed by atoms with Gasteiger partial charge < -0.3 is 24.8 Å². The Hall–Kier alpha value is -0.850. The lowest BCUT2D eigenvalue weighted by molar-refractivity contribution is -0.133. The van der Waals surface area contributed by atoms with Crippen molar-refractivity contribution in [2.75, 3.05) is 20.3 Å². The minimum Gasteiger partial charge on any atom is -0.444 e. The summed E-state index contributed by atoms with van der Waals surface area (Å²) in [6.45, 7) is 8.92. The maximum Gasteiger partial charge on any atom is 0.407 e. The highest BCUT2D eigenvalue weighted by molar-refractivity contribution is 5.67. The van der Waals surface area contributed by atoms with Gasteiger partial charge in [-0.3, -0.25) is 0 Å². The van der Waals surface area contributed by atoms with Crippen molar-refractivity contribution in [3.05, 3.63) is 0 Å². The topological polar surface area (TPSA) is 68.8 Å². The van der Waals surface area contributed by atoms with E-state index in [-0.39, 0.29) is 24.3 Å². The molecule has 4 atom stereocenters. The number of carbonyl (C=O) groups excluding carboxylic acids is 1. The zero-order chi connectivity index (χ0) is 17.0. The third kappa shape index (κ3) is 5.62. The summed E-state index contributed by atoms with van der Waals surface area (Å²) in [7, 11) is 1.73. The van der Waals surface area contributed by atoms with Gasteiger partial charge in [-0.2, -0.15) is 0 Å². The van der Waals surface area contributed by atoms with Crippen molar-refractivity contribution >= 4 is 6.09 Å². The molecule has 1 amide bonds. The lowest BCUT2D eigenvalue weighted by atomic mass is 9.84. The number of hydrogen-bond acceptors (Lipinski definition) is 5. The minimum absolute atomic E-state index is 0.0951. The van der Waals surface area contributed by atoms with Gasteiger partial charge in [0.2, 0.25) is 0 Å². The molecular formula is C17H32N2O4. The first-order chi connectivity index (χ1) is 10.8. The molecule has 2 aliphatic carbocycles. The summed E-state index contributed by atoms with van der Waals surface area (Å²) in [5.74, 6) is 0.633. The molecule has 0 heterocycles. The van der Waals surface area contributed by atoms with E-state index in [1.807, 2.05) is 27.7 Å². The SMILES string of the molecule is CCOC1CC(NC(CNC(=O)OC(C)(C)C)C2CC2)C1OC. The number of ether oxygens (including phenoxy) is 3. The summed E-state index contributed by atoms with van der Waals surface area (Å²) < 4.78 is 16.5.